The average molecular weight is 249 g/mol. The highest BCUT2D eigenvalue weighted by molar-refractivity contribution is 6.02. The Labute approximate surface area is 107 Å². The van der Waals surface area contributed by atoms with Crippen molar-refractivity contribution in [1.82, 2.24) is 5.32 Å². The van der Waals surface area contributed by atoms with Crippen molar-refractivity contribution < 1.29 is 14.3 Å². The normalized spacial score (nSPS) is 19.8. The summed E-state index contributed by atoms with van der Waals surface area (Å²) in [7, 11) is 0. The molecule has 1 atom stereocenters. The lowest BCUT2D eigenvalue weighted by molar-refractivity contribution is 0.0266. The number of carbonyl (C=O) groups is 1. The lowest BCUT2D eigenvalue weighted by Crippen LogP contribution is -2.43. The van der Waals surface area contributed by atoms with Crippen molar-refractivity contribution in [3.05, 3.63) is 29.8 Å². The number of hydrogen-bond donors (Lipinski definition) is 1. The number of Topliss-reactive ketones (excluding diaryl/α,β-unsaturated/α-hetero) is 1. The Kier molecular flexibility index (Phi) is 4.33. The molecule has 0 spiro atoms. The van der Waals surface area contributed by atoms with Crippen LogP contribution in [0.4, 0.5) is 0 Å². The molecule has 0 bridgehead atoms. The van der Waals surface area contributed by atoms with E-state index in [4.69, 9.17) is 9.47 Å². The number of carbonyl (C=O) groups excluding carboxylic acids is 1. The van der Waals surface area contributed by atoms with Crippen LogP contribution in [0.1, 0.15) is 24.2 Å². The summed E-state index contributed by atoms with van der Waals surface area (Å²) in [5.74, 6) is 0.616. The minimum Gasteiger partial charge on any atom is -0.490 e. The van der Waals surface area contributed by atoms with Crippen molar-refractivity contribution in [2.75, 3.05) is 19.7 Å². The molecule has 0 aliphatic carbocycles. The van der Waals surface area contributed by atoms with Crippen molar-refractivity contribution in [3.63, 3.8) is 0 Å². The lowest BCUT2D eigenvalue weighted by atomic mass is 10.0. The molecule has 0 amide bonds. The molecule has 1 fully saturated rings. The highest BCUT2D eigenvalue weighted by atomic mass is 16.5. The molecule has 0 aromatic heterocycles. The summed E-state index contributed by atoms with van der Waals surface area (Å²) in [6, 6.07) is 7.33. The van der Waals surface area contributed by atoms with Gasteiger partial charge in [-0.2, -0.15) is 0 Å². The standard InChI is InChI=1S/C14H19NO3/c1-10(2)18-12-6-4-3-5-11(12)14(16)13-9-15-7-8-17-13/h3-6,10,13,15H,7-9H2,1-2H3. The molecule has 1 heterocycles. The van der Waals surface area contributed by atoms with Crippen LogP contribution in [-0.2, 0) is 4.74 Å². The van der Waals surface area contributed by atoms with E-state index in [1.807, 2.05) is 32.0 Å². The second kappa shape index (κ2) is 5.98. The van der Waals surface area contributed by atoms with E-state index < -0.39 is 6.10 Å². The lowest BCUT2D eigenvalue weighted by Gasteiger charge is -2.23. The second-order valence-corrected chi connectivity index (χ2v) is 4.59. The Morgan fingerprint density at radius 2 is 2.22 bits per heavy atom. The van der Waals surface area contributed by atoms with Gasteiger partial charge in [-0.1, -0.05) is 12.1 Å². The van der Waals surface area contributed by atoms with E-state index in [9.17, 15) is 4.79 Å². The molecule has 1 aromatic rings. The highest BCUT2D eigenvalue weighted by Gasteiger charge is 2.25. The second-order valence-electron chi connectivity index (χ2n) is 4.59. The van der Waals surface area contributed by atoms with Crippen LogP contribution in [0.2, 0.25) is 0 Å². The van der Waals surface area contributed by atoms with E-state index in [0.717, 1.165) is 6.54 Å². The van der Waals surface area contributed by atoms with Crippen molar-refractivity contribution >= 4 is 5.78 Å². The van der Waals surface area contributed by atoms with Crippen LogP contribution in [0.5, 0.6) is 5.75 Å². The Hall–Kier alpha value is -1.39. The number of ether oxygens (including phenoxy) is 2. The SMILES string of the molecule is CC(C)Oc1ccccc1C(=O)C1CNCCO1. The summed E-state index contributed by atoms with van der Waals surface area (Å²) in [6.07, 6.45) is -0.361. The van der Waals surface area contributed by atoms with Crippen molar-refractivity contribution in [1.29, 1.82) is 0 Å². The predicted molar refractivity (Wildman–Crippen MR) is 69.1 cm³/mol. The minimum atomic E-state index is -0.407. The van der Waals surface area contributed by atoms with Gasteiger partial charge in [-0.25, -0.2) is 0 Å². The van der Waals surface area contributed by atoms with Gasteiger partial charge in [0.1, 0.15) is 11.9 Å². The Bertz CT molecular complexity index is 411. The van der Waals surface area contributed by atoms with Gasteiger partial charge in [0, 0.05) is 13.1 Å². The number of hydrogen-bond acceptors (Lipinski definition) is 4. The van der Waals surface area contributed by atoms with Crippen LogP contribution < -0.4 is 10.1 Å². The molecule has 0 saturated carbocycles. The summed E-state index contributed by atoms with van der Waals surface area (Å²) in [6.45, 7) is 5.83. The van der Waals surface area contributed by atoms with Gasteiger partial charge in [0.15, 0.2) is 5.78 Å². The quantitative estimate of drug-likeness (QED) is 0.824. The summed E-state index contributed by atoms with van der Waals surface area (Å²) < 4.78 is 11.1. The van der Waals surface area contributed by atoms with Crippen molar-refractivity contribution in [2.24, 2.45) is 0 Å². The minimum absolute atomic E-state index is 0.0153. The van der Waals surface area contributed by atoms with Gasteiger partial charge in [0.05, 0.1) is 18.3 Å². The van der Waals surface area contributed by atoms with Crippen LogP contribution >= 0.6 is 0 Å². The molecule has 1 aliphatic heterocycles. The Balaban J connectivity index is 2.18. The molecule has 1 aliphatic rings. The van der Waals surface area contributed by atoms with Crippen LogP contribution in [0.25, 0.3) is 0 Å². The van der Waals surface area contributed by atoms with Gasteiger partial charge in [0.25, 0.3) is 0 Å². The van der Waals surface area contributed by atoms with E-state index in [1.165, 1.54) is 0 Å². The van der Waals surface area contributed by atoms with Gasteiger partial charge in [-0.05, 0) is 26.0 Å². The topological polar surface area (TPSA) is 47.6 Å². The molecular formula is C14H19NO3. The smallest absolute Gasteiger partial charge is 0.196 e. The molecule has 4 nitrogen and oxygen atoms in total. The number of morpholine rings is 1. The fourth-order valence-electron chi connectivity index (χ4n) is 1.93. The zero-order valence-corrected chi connectivity index (χ0v) is 10.8. The third kappa shape index (κ3) is 3.09. The molecule has 2 rings (SSSR count). The molecular weight excluding hydrogens is 230 g/mol. The zero-order valence-electron chi connectivity index (χ0n) is 10.8. The Morgan fingerprint density at radius 3 is 2.89 bits per heavy atom. The van der Waals surface area contributed by atoms with Crippen molar-refractivity contribution in [2.45, 2.75) is 26.1 Å². The molecule has 0 radical (unpaired) electrons. The number of ketones is 1. The van der Waals surface area contributed by atoms with Gasteiger partial charge in [0.2, 0.25) is 0 Å². The number of para-hydroxylation sites is 1. The van der Waals surface area contributed by atoms with E-state index in [1.54, 1.807) is 6.07 Å². The monoisotopic (exact) mass is 249 g/mol. The largest absolute Gasteiger partial charge is 0.490 e. The van der Waals surface area contributed by atoms with Gasteiger partial charge in [-0.15, -0.1) is 0 Å². The highest BCUT2D eigenvalue weighted by Crippen LogP contribution is 2.22. The van der Waals surface area contributed by atoms with Crippen molar-refractivity contribution in [3.8, 4) is 5.75 Å². The number of benzene rings is 1. The van der Waals surface area contributed by atoms with Gasteiger partial charge < -0.3 is 14.8 Å². The first-order valence-corrected chi connectivity index (χ1v) is 6.30. The van der Waals surface area contributed by atoms with E-state index in [0.29, 0.717) is 24.5 Å². The fourth-order valence-corrected chi connectivity index (χ4v) is 1.93. The molecule has 98 valence electrons. The van der Waals surface area contributed by atoms with Gasteiger partial charge in [-0.3, -0.25) is 4.79 Å². The number of nitrogens with one attached hydrogen (secondary N) is 1. The summed E-state index contributed by atoms with van der Waals surface area (Å²) >= 11 is 0. The maximum Gasteiger partial charge on any atom is 0.196 e. The maximum absolute atomic E-state index is 12.4. The van der Waals surface area contributed by atoms with E-state index in [2.05, 4.69) is 5.32 Å². The first-order chi connectivity index (χ1) is 8.68. The zero-order chi connectivity index (χ0) is 13.0. The first-order valence-electron chi connectivity index (χ1n) is 6.30. The predicted octanol–water partition coefficient (Wildman–Crippen LogP) is 1.64. The van der Waals surface area contributed by atoms with E-state index in [-0.39, 0.29) is 11.9 Å². The molecule has 1 saturated heterocycles. The summed E-state index contributed by atoms with van der Waals surface area (Å²) in [5, 5.41) is 3.16. The average Bonchev–Trinajstić information content (AvgIpc) is 2.39. The first kappa shape index (κ1) is 13.1. The maximum atomic E-state index is 12.4. The van der Waals surface area contributed by atoms with Crippen LogP contribution in [0, 0.1) is 0 Å². The van der Waals surface area contributed by atoms with Crippen LogP contribution in [0.3, 0.4) is 0 Å². The number of rotatable bonds is 4. The Morgan fingerprint density at radius 1 is 1.44 bits per heavy atom. The molecule has 1 unspecified atom stereocenters. The van der Waals surface area contributed by atoms with Crippen LogP contribution in [0.15, 0.2) is 24.3 Å². The molecule has 1 N–H and O–H groups in total. The molecule has 1 aromatic carbocycles. The van der Waals surface area contributed by atoms with Gasteiger partial charge >= 0.3 is 0 Å². The third-order valence-corrected chi connectivity index (χ3v) is 2.74. The van der Waals surface area contributed by atoms with E-state index >= 15 is 0 Å². The van der Waals surface area contributed by atoms with Crippen LogP contribution in [-0.4, -0.2) is 37.7 Å². The molecule has 4 heteroatoms. The summed E-state index contributed by atoms with van der Waals surface area (Å²) in [4.78, 5) is 12.4. The molecule has 18 heavy (non-hydrogen) atoms. The third-order valence-electron chi connectivity index (χ3n) is 2.74. The summed E-state index contributed by atoms with van der Waals surface area (Å²) in [5.41, 5.74) is 0.597. The fraction of sp³-hybridized carbons (Fsp3) is 0.500.